The second-order valence-corrected chi connectivity index (χ2v) is 10.6. The van der Waals surface area contributed by atoms with Crippen LogP contribution in [0.5, 0.6) is 0 Å². The molecule has 0 bridgehead atoms. The van der Waals surface area contributed by atoms with Crippen LogP contribution in [0.4, 0.5) is 0 Å². The Morgan fingerprint density at radius 2 is 1.61 bits per heavy atom. The van der Waals surface area contributed by atoms with Gasteiger partial charge in [-0.2, -0.15) is 0 Å². The lowest BCUT2D eigenvalue weighted by atomic mass is 10.1. The standard InChI is InChI=1S/C26H24Cl2N2O2S/c1-26(2,31)24-16-30(25(29-24)15-21-22(27)8-5-9-23(21)28)19-12-10-17(11-13-19)18-6-4-7-20(14-18)33(3)32/h4-14,16,31H,15H2,1-3H3. The molecule has 1 atom stereocenters. The Labute approximate surface area is 206 Å². The van der Waals surface area contributed by atoms with Crippen LogP contribution >= 0.6 is 23.2 Å². The van der Waals surface area contributed by atoms with E-state index in [1.165, 1.54) is 0 Å². The number of aromatic nitrogens is 2. The molecule has 4 rings (SSSR count). The molecule has 4 aromatic rings. The van der Waals surface area contributed by atoms with Crippen molar-refractivity contribution in [2.45, 2.75) is 30.8 Å². The molecule has 1 heterocycles. The summed E-state index contributed by atoms with van der Waals surface area (Å²) < 4.78 is 13.8. The topological polar surface area (TPSA) is 55.1 Å². The van der Waals surface area contributed by atoms with Gasteiger partial charge in [-0.05, 0) is 66.9 Å². The molecule has 0 spiro atoms. The minimum Gasteiger partial charge on any atom is -0.384 e. The van der Waals surface area contributed by atoms with Crippen LogP contribution < -0.4 is 0 Å². The number of aliphatic hydroxyl groups is 1. The van der Waals surface area contributed by atoms with E-state index in [4.69, 9.17) is 28.2 Å². The summed E-state index contributed by atoms with van der Waals surface area (Å²) in [6.45, 7) is 3.42. The van der Waals surface area contributed by atoms with Crippen LogP contribution in [-0.2, 0) is 22.8 Å². The molecule has 1 N–H and O–H groups in total. The Bertz CT molecular complexity index is 1300. The zero-order valence-electron chi connectivity index (χ0n) is 18.5. The Hall–Kier alpha value is -2.44. The lowest BCUT2D eigenvalue weighted by Crippen LogP contribution is -2.15. The van der Waals surface area contributed by atoms with E-state index < -0.39 is 16.4 Å². The summed E-state index contributed by atoms with van der Waals surface area (Å²) >= 11 is 12.8. The van der Waals surface area contributed by atoms with Crippen LogP contribution in [0, 0.1) is 0 Å². The number of halogens is 2. The summed E-state index contributed by atoms with van der Waals surface area (Å²) in [4.78, 5) is 5.50. The van der Waals surface area contributed by atoms with Crippen LogP contribution in [-0.4, -0.2) is 25.1 Å². The molecule has 0 aliphatic rings. The second-order valence-electron chi connectivity index (χ2n) is 8.38. The van der Waals surface area contributed by atoms with Crippen molar-refractivity contribution in [3.8, 4) is 16.8 Å². The summed E-state index contributed by atoms with van der Waals surface area (Å²) in [6, 6.07) is 21.2. The quantitative estimate of drug-likeness (QED) is 0.334. The Morgan fingerprint density at radius 3 is 2.21 bits per heavy atom. The highest BCUT2D eigenvalue weighted by Gasteiger charge is 2.23. The first-order valence-electron chi connectivity index (χ1n) is 10.4. The monoisotopic (exact) mass is 498 g/mol. The van der Waals surface area contributed by atoms with Gasteiger partial charge in [-0.3, -0.25) is 4.21 Å². The molecular weight excluding hydrogens is 475 g/mol. The largest absolute Gasteiger partial charge is 0.384 e. The van der Waals surface area contributed by atoms with E-state index in [9.17, 15) is 9.32 Å². The van der Waals surface area contributed by atoms with E-state index in [0.29, 0.717) is 22.2 Å². The summed E-state index contributed by atoms with van der Waals surface area (Å²) in [6.07, 6.45) is 3.94. The van der Waals surface area contributed by atoms with E-state index in [0.717, 1.165) is 33.1 Å². The number of hydrogen-bond acceptors (Lipinski definition) is 3. The van der Waals surface area contributed by atoms with Gasteiger partial charge < -0.3 is 9.67 Å². The summed E-state index contributed by atoms with van der Waals surface area (Å²) in [7, 11) is -1.04. The fourth-order valence-corrected chi connectivity index (χ4v) is 4.68. The van der Waals surface area contributed by atoms with E-state index in [-0.39, 0.29) is 0 Å². The van der Waals surface area contributed by atoms with Crippen LogP contribution in [0.1, 0.15) is 30.9 Å². The summed E-state index contributed by atoms with van der Waals surface area (Å²) in [5.74, 6) is 0.721. The van der Waals surface area contributed by atoms with Gasteiger partial charge in [0.2, 0.25) is 0 Å². The molecule has 7 heteroatoms. The maximum Gasteiger partial charge on any atom is 0.118 e. The van der Waals surface area contributed by atoms with Crippen molar-refractivity contribution in [2.24, 2.45) is 0 Å². The normalized spacial score (nSPS) is 12.7. The maximum atomic E-state index is 11.8. The molecule has 0 aliphatic carbocycles. The third kappa shape index (κ3) is 5.22. The van der Waals surface area contributed by atoms with Gasteiger partial charge >= 0.3 is 0 Å². The van der Waals surface area contributed by atoms with E-state index in [1.54, 1.807) is 32.2 Å². The predicted molar refractivity (Wildman–Crippen MR) is 136 cm³/mol. The van der Waals surface area contributed by atoms with Crippen LogP contribution in [0.15, 0.2) is 77.8 Å². The SMILES string of the molecule is CS(=O)c1cccc(-c2ccc(-n3cc(C(C)(C)O)nc3Cc3c(Cl)cccc3Cl)cc2)c1. The highest BCUT2D eigenvalue weighted by molar-refractivity contribution is 7.84. The van der Waals surface area contributed by atoms with Gasteiger partial charge in [-0.1, -0.05) is 53.5 Å². The number of nitrogens with zero attached hydrogens (tertiary/aromatic N) is 2. The van der Waals surface area contributed by atoms with Gasteiger partial charge in [0.25, 0.3) is 0 Å². The molecule has 1 unspecified atom stereocenters. The predicted octanol–water partition coefficient (Wildman–Crippen LogP) is 6.40. The zero-order chi connectivity index (χ0) is 23.8. The molecule has 33 heavy (non-hydrogen) atoms. The van der Waals surface area contributed by atoms with Crippen molar-refractivity contribution in [2.75, 3.05) is 6.26 Å². The average molecular weight is 499 g/mol. The van der Waals surface area contributed by atoms with Gasteiger partial charge in [0, 0.05) is 50.3 Å². The molecule has 3 aromatic carbocycles. The zero-order valence-corrected chi connectivity index (χ0v) is 20.9. The minimum absolute atomic E-state index is 0.417. The smallest absolute Gasteiger partial charge is 0.118 e. The van der Waals surface area contributed by atoms with Crippen molar-refractivity contribution in [3.05, 3.63) is 100 Å². The Morgan fingerprint density at radius 1 is 0.970 bits per heavy atom. The van der Waals surface area contributed by atoms with Gasteiger partial charge in [0.05, 0.1) is 5.69 Å². The number of benzene rings is 3. The highest BCUT2D eigenvalue weighted by atomic mass is 35.5. The lowest BCUT2D eigenvalue weighted by molar-refractivity contribution is 0.0741. The fourth-order valence-electron chi connectivity index (χ4n) is 3.59. The molecule has 0 amide bonds. The first-order valence-corrected chi connectivity index (χ1v) is 12.7. The van der Waals surface area contributed by atoms with E-state index >= 15 is 0 Å². The molecule has 0 radical (unpaired) electrons. The number of hydrogen-bond donors (Lipinski definition) is 1. The first-order chi connectivity index (χ1) is 15.6. The van der Waals surface area contributed by atoms with E-state index in [1.807, 2.05) is 65.4 Å². The van der Waals surface area contributed by atoms with Crippen molar-refractivity contribution >= 4 is 34.0 Å². The summed E-state index contributed by atoms with van der Waals surface area (Å²) in [5.41, 5.74) is 3.17. The average Bonchev–Trinajstić information content (AvgIpc) is 3.21. The molecule has 0 fully saturated rings. The first kappa shape index (κ1) is 23.7. The van der Waals surface area contributed by atoms with Gasteiger partial charge in [-0.15, -0.1) is 0 Å². The van der Waals surface area contributed by atoms with Gasteiger partial charge in [0.1, 0.15) is 11.4 Å². The van der Waals surface area contributed by atoms with Crippen molar-refractivity contribution in [1.82, 2.24) is 9.55 Å². The molecule has 4 nitrogen and oxygen atoms in total. The van der Waals surface area contributed by atoms with Gasteiger partial charge in [-0.25, -0.2) is 4.98 Å². The fraction of sp³-hybridized carbons (Fsp3) is 0.192. The molecule has 1 aromatic heterocycles. The minimum atomic E-state index is -1.10. The number of imidazole rings is 1. The third-order valence-electron chi connectivity index (χ3n) is 5.45. The lowest BCUT2D eigenvalue weighted by Gasteiger charge is -2.13. The number of rotatable bonds is 6. The molecule has 0 aliphatic heterocycles. The molecule has 170 valence electrons. The summed E-state index contributed by atoms with van der Waals surface area (Å²) in [5, 5.41) is 11.7. The van der Waals surface area contributed by atoms with Crippen LogP contribution in [0.2, 0.25) is 10.0 Å². The highest BCUT2D eigenvalue weighted by Crippen LogP contribution is 2.30. The molecule has 0 saturated heterocycles. The van der Waals surface area contributed by atoms with Crippen LogP contribution in [0.3, 0.4) is 0 Å². The Kier molecular flexibility index (Phi) is 6.78. The Balaban J connectivity index is 1.74. The van der Waals surface area contributed by atoms with Crippen molar-refractivity contribution < 1.29 is 9.32 Å². The van der Waals surface area contributed by atoms with Crippen LogP contribution in [0.25, 0.3) is 16.8 Å². The third-order valence-corrected chi connectivity index (χ3v) is 7.07. The van der Waals surface area contributed by atoms with Crippen molar-refractivity contribution in [1.29, 1.82) is 0 Å². The van der Waals surface area contributed by atoms with Crippen molar-refractivity contribution in [3.63, 3.8) is 0 Å². The maximum absolute atomic E-state index is 11.8. The van der Waals surface area contributed by atoms with Gasteiger partial charge in [0.15, 0.2) is 0 Å². The van der Waals surface area contributed by atoms with E-state index in [2.05, 4.69) is 0 Å². The molecule has 0 saturated carbocycles. The second kappa shape index (κ2) is 9.43. The molecular formula is C26H24Cl2N2O2S.